The Morgan fingerprint density at radius 3 is 2.65 bits per heavy atom. The monoisotopic (exact) mass is 247 g/mol. The largest absolute Gasteiger partial charge is 0.465 e. The van der Waals surface area contributed by atoms with Gasteiger partial charge in [0.1, 0.15) is 11.5 Å². The summed E-state index contributed by atoms with van der Waals surface area (Å²) < 4.78 is 5.64. The fourth-order valence-corrected chi connectivity index (χ4v) is 2.78. The van der Waals surface area contributed by atoms with Crippen LogP contribution < -0.4 is 5.73 Å². The number of rotatable bonds is 4. The topological polar surface area (TPSA) is 39.2 Å². The Bertz CT molecular complexity index is 492. The molecule has 1 aromatic heterocycles. The van der Waals surface area contributed by atoms with Gasteiger partial charge in [0.05, 0.1) is 5.25 Å². The first kappa shape index (κ1) is 12.3. The number of thioether (sulfide) groups is 1. The lowest BCUT2D eigenvalue weighted by atomic mass is 10.2. The van der Waals surface area contributed by atoms with Crippen LogP contribution in [0.1, 0.15) is 22.3 Å². The van der Waals surface area contributed by atoms with E-state index in [1.54, 1.807) is 11.8 Å². The number of aryl methyl sites for hydroxylation is 2. The van der Waals surface area contributed by atoms with Crippen molar-refractivity contribution in [1.29, 1.82) is 0 Å². The summed E-state index contributed by atoms with van der Waals surface area (Å²) in [4.78, 5) is 1.23. The van der Waals surface area contributed by atoms with E-state index in [1.807, 2.05) is 19.1 Å². The van der Waals surface area contributed by atoms with Gasteiger partial charge in [-0.3, -0.25) is 0 Å². The number of nitrogens with two attached hydrogens (primary N) is 1. The number of benzene rings is 1. The van der Waals surface area contributed by atoms with Crippen LogP contribution in [-0.2, 0) is 0 Å². The minimum atomic E-state index is 0.186. The third-order valence-corrected chi connectivity index (χ3v) is 3.80. The highest BCUT2D eigenvalue weighted by Gasteiger charge is 2.14. The minimum Gasteiger partial charge on any atom is -0.465 e. The van der Waals surface area contributed by atoms with Crippen molar-refractivity contribution in [1.82, 2.24) is 0 Å². The molecule has 0 bridgehead atoms. The molecule has 0 fully saturated rings. The first-order chi connectivity index (χ1) is 8.19. The molecule has 2 nitrogen and oxygen atoms in total. The zero-order chi connectivity index (χ0) is 12.3. The fraction of sp³-hybridized carbons (Fsp3) is 0.286. The van der Waals surface area contributed by atoms with Crippen molar-refractivity contribution in [2.24, 2.45) is 5.73 Å². The van der Waals surface area contributed by atoms with Gasteiger partial charge in [-0.1, -0.05) is 17.7 Å². The van der Waals surface area contributed by atoms with Gasteiger partial charge in [-0.15, -0.1) is 11.8 Å². The third-order valence-electron chi connectivity index (χ3n) is 2.56. The summed E-state index contributed by atoms with van der Waals surface area (Å²) in [5.41, 5.74) is 7.08. The second-order valence-corrected chi connectivity index (χ2v) is 5.38. The normalized spacial score (nSPS) is 12.6. The van der Waals surface area contributed by atoms with Crippen LogP contribution in [0.3, 0.4) is 0 Å². The summed E-state index contributed by atoms with van der Waals surface area (Å²) in [5, 5.41) is 0.186. The van der Waals surface area contributed by atoms with Gasteiger partial charge in [0.25, 0.3) is 0 Å². The Morgan fingerprint density at radius 2 is 2.06 bits per heavy atom. The van der Waals surface area contributed by atoms with Gasteiger partial charge in [0.2, 0.25) is 0 Å². The van der Waals surface area contributed by atoms with Crippen molar-refractivity contribution in [2.45, 2.75) is 24.0 Å². The zero-order valence-electron chi connectivity index (χ0n) is 10.1. The van der Waals surface area contributed by atoms with E-state index >= 15 is 0 Å². The van der Waals surface area contributed by atoms with Crippen LogP contribution in [0.4, 0.5) is 0 Å². The summed E-state index contributed by atoms with van der Waals surface area (Å²) in [6, 6.07) is 12.4. The van der Waals surface area contributed by atoms with E-state index < -0.39 is 0 Å². The molecule has 0 aliphatic heterocycles. The summed E-state index contributed by atoms with van der Waals surface area (Å²) >= 11 is 1.75. The first-order valence-corrected chi connectivity index (χ1v) is 6.56. The second kappa shape index (κ2) is 5.43. The summed E-state index contributed by atoms with van der Waals surface area (Å²) in [5.74, 6) is 1.89. The molecule has 1 heterocycles. The minimum absolute atomic E-state index is 0.186. The van der Waals surface area contributed by atoms with Crippen LogP contribution in [0.25, 0.3) is 0 Å². The van der Waals surface area contributed by atoms with Crippen LogP contribution in [-0.4, -0.2) is 6.54 Å². The van der Waals surface area contributed by atoms with Gasteiger partial charge in [0.15, 0.2) is 0 Å². The molecular formula is C14H17NOS. The van der Waals surface area contributed by atoms with Gasteiger partial charge in [-0.05, 0) is 38.1 Å². The molecule has 1 aromatic carbocycles. The molecule has 17 heavy (non-hydrogen) atoms. The Labute approximate surface area is 106 Å². The Hall–Kier alpha value is -1.19. The number of hydrogen-bond acceptors (Lipinski definition) is 3. The molecular weight excluding hydrogens is 230 g/mol. The lowest BCUT2D eigenvalue weighted by molar-refractivity contribution is 0.481. The van der Waals surface area contributed by atoms with Crippen LogP contribution in [0, 0.1) is 13.8 Å². The van der Waals surface area contributed by atoms with Crippen LogP contribution >= 0.6 is 11.8 Å². The van der Waals surface area contributed by atoms with Crippen molar-refractivity contribution < 1.29 is 4.42 Å². The Morgan fingerprint density at radius 1 is 1.24 bits per heavy atom. The predicted octanol–water partition coefficient (Wildman–Crippen LogP) is 3.69. The average Bonchev–Trinajstić information content (AvgIpc) is 2.73. The molecule has 0 aliphatic rings. The molecule has 0 radical (unpaired) electrons. The van der Waals surface area contributed by atoms with E-state index in [2.05, 4.69) is 31.2 Å². The molecule has 0 spiro atoms. The van der Waals surface area contributed by atoms with E-state index in [-0.39, 0.29) is 5.25 Å². The van der Waals surface area contributed by atoms with Crippen molar-refractivity contribution in [2.75, 3.05) is 6.54 Å². The molecule has 0 saturated heterocycles. The number of hydrogen-bond donors (Lipinski definition) is 1. The Kier molecular flexibility index (Phi) is 3.92. The lowest BCUT2D eigenvalue weighted by Crippen LogP contribution is -2.08. The first-order valence-electron chi connectivity index (χ1n) is 5.69. The third kappa shape index (κ3) is 3.14. The lowest BCUT2D eigenvalue weighted by Gasteiger charge is -2.12. The Balaban J connectivity index is 2.15. The zero-order valence-corrected chi connectivity index (χ0v) is 11.0. The van der Waals surface area contributed by atoms with Gasteiger partial charge >= 0.3 is 0 Å². The molecule has 2 aromatic rings. The highest BCUT2D eigenvalue weighted by Crippen LogP contribution is 2.35. The average molecular weight is 247 g/mol. The van der Waals surface area contributed by atoms with E-state index in [9.17, 15) is 0 Å². The van der Waals surface area contributed by atoms with Crippen LogP contribution in [0.5, 0.6) is 0 Å². The highest BCUT2D eigenvalue weighted by atomic mass is 32.2. The van der Waals surface area contributed by atoms with Crippen molar-refractivity contribution >= 4 is 11.8 Å². The van der Waals surface area contributed by atoms with Crippen LogP contribution in [0.15, 0.2) is 45.7 Å². The van der Waals surface area contributed by atoms with Crippen LogP contribution in [0.2, 0.25) is 0 Å². The highest BCUT2D eigenvalue weighted by molar-refractivity contribution is 7.99. The molecule has 0 aliphatic carbocycles. The summed E-state index contributed by atoms with van der Waals surface area (Å²) in [6.45, 7) is 4.62. The molecule has 2 N–H and O–H groups in total. The molecule has 90 valence electrons. The molecule has 1 unspecified atom stereocenters. The van der Waals surface area contributed by atoms with Gasteiger partial charge in [-0.25, -0.2) is 0 Å². The SMILES string of the molecule is Cc1cccc(SC(CN)c2ccc(C)o2)c1. The molecule has 0 amide bonds. The summed E-state index contributed by atoms with van der Waals surface area (Å²) in [6.07, 6.45) is 0. The maximum absolute atomic E-state index is 5.82. The van der Waals surface area contributed by atoms with Crippen molar-refractivity contribution in [3.63, 3.8) is 0 Å². The van der Waals surface area contributed by atoms with Crippen molar-refractivity contribution in [3.05, 3.63) is 53.5 Å². The van der Waals surface area contributed by atoms with E-state index in [4.69, 9.17) is 10.2 Å². The summed E-state index contributed by atoms with van der Waals surface area (Å²) in [7, 11) is 0. The van der Waals surface area contributed by atoms with E-state index in [0.29, 0.717) is 6.54 Å². The van der Waals surface area contributed by atoms with Gasteiger partial charge < -0.3 is 10.2 Å². The van der Waals surface area contributed by atoms with E-state index in [0.717, 1.165) is 11.5 Å². The van der Waals surface area contributed by atoms with E-state index in [1.165, 1.54) is 10.5 Å². The maximum Gasteiger partial charge on any atom is 0.118 e. The van der Waals surface area contributed by atoms with Gasteiger partial charge in [-0.2, -0.15) is 0 Å². The quantitative estimate of drug-likeness (QED) is 0.837. The fourth-order valence-electron chi connectivity index (χ4n) is 1.70. The molecule has 1 atom stereocenters. The van der Waals surface area contributed by atoms with Crippen molar-refractivity contribution in [3.8, 4) is 0 Å². The smallest absolute Gasteiger partial charge is 0.118 e. The number of furan rings is 1. The van der Waals surface area contributed by atoms with Gasteiger partial charge in [0, 0.05) is 11.4 Å². The molecule has 2 rings (SSSR count). The molecule has 0 saturated carbocycles. The maximum atomic E-state index is 5.82. The predicted molar refractivity (Wildman–Crippen MR) is 72.3 cm³/mol. The standard InChI is InChI=1S/C14H17NOS/c1-10-4-3-5-12(8-10)17-14(9-15)13-7-6-11(2)16-13/h3-8,14H,9,15H2,1-2H3. The molecule has 3 heteroatoms. The second-order valence-electron chi connectivity index (χ2n) is 4.11.